The predicted octanol–water partition coefficient (Wildman–Crippen LogP) is 2.26. The van der Waals surface area contributed by atoms with E-state index in [-0.39, 0.29) is 12.2 Å². The fourth-order valence-corrected chi connectivity index (χ4v) is 2.15. The minimum Gasteiger partial charge on any atom is -0.412 e. The lowest BCUT2D eigenvalue weighted by Gasteiger charge is -2.27. The Labute approximate surface area is 71.0 Å². The molecule has 0 saturated heterocycles. The highest BCUT2D eigenvalue weighted by Gasteiger charge is 2.21. The third-order valence-corrected chi connectivity index (χ3v) is 2.65. The summed E-state index contributed by atoms with van der Waals surface area (Å²) in [6, 6.07) is 0. The third-order valence-electron chi connectivity index (χ3n) is 1.57. The van der Waals surface area contributed by atoms with Crippen LogP contribution in [0.25, 0.3) is 0 Å². The number of rotatable bonds is 4. The molecule has 0 fully saturated rings. The number of ether oxygens (including phenoxy) is 1. The van der Waals surface area contributed by atoms with Gasteiger partial charge in [0.2, 0.25) is 0 Å². The molecule has 0 aliphatic heterocycles. The van der Waals surface area contributed by atoms with Gasteiger partial charge in [0.1, 0.15) is 0 Å². The first-order valence-electron chi connectivity index (χ1n) is 4.07. The van der Waals surface area contributed by atoms with Gasteiger partial charge < -0.3 is 9.16 Å². The molecule has 0 aliphatic rings. The maximum absolute atomic E-state index is 5.80. The van der Waals surface area contributed by atoms with Crippen LogP contribution in [0.5, 0.6) is 0 Å². The molecule has 0 aliphatic carbocycles. The van der Waals surface area contributed by atoms with Crippen molar-refractivity contribution >= 4 is 8.32 Å². The van der Waals surface area contributed by atoms with Gasteiger partial charge in [0.25, 0.3) is 0 Å². The van der Waals surface area contributed by atoms with Gasteiger partial charge in [-0.3, -0.25) is 0 Å². The number of hydrogen-bond donors (Lipinski definition) is 0. The molecule has 0 unspecified atom stereocenters. The van der Waals surface area contributed by atoms with Crippen molar-refractivity contribution in [2.75, 3.05) is 7.11 Å². The van der Waals surface area contributed by atoms with Crippen molar-refractivity contribution < 1.29 is 9.16 Å². The maximum atomic E-state index is 5.80. The molecule has 11 heavy (non-hydrogen) atoms. The fraction of sp³-hybridized carbons (Fsp3) is 1.00. The molecule has 0 N–H and O–H groups in total. The molecule has 0 rings (SSSR count). The highest BCUT2D eigenvalue weighted by atomic mass is 28.4. The normalized spacial score (nSPS) is 18.0. The van der Waals surface area contributed by atoms with Crippen molar-refractivity contribution in [2.24, 2.45) is 0 Å². The highest BCUT2D eigenvalue weighted by molar-refractivity contribution is 6.69. The van der Waals surface area contributed by atoms with E-state index in [2.05, 4.69) is 26.6 Å². The molecule has 0 radical (unpaired) electrons. The molecule has 2 nitrogen and oxygen atoms in total. The second kappa shape index (κ2) is 4.23. The fourth-order valence-electron chi connectivity index (χ4n) is 0.845. The quantitative estimate of drug-likeness (QED) is 0.612. The Kier molecular flexibility index (Phi) is 4.29. The van der Waals surface area contributed by atoms with Crippen LogP contribution in [-0.4, -0.2) is 27.6 Å². The SMILES string of the molecule is CO[C@H](C)[C@@H](C)O[Si](C)(C)C. The zero-order valence-electron chi connectivity index (χ0n) is 8.47. The Morgan fingerprint density at radius 3 is 1.73 bits per heavy atom. The van der Waals surface area contributed by atoms with Gasteiger partial charge in [-0.05, 0) is 33.5 Å². The van der Waals surface area contributed by atoms with Crippen LogP contribution in [-0.2, 0) is 9.16 Å². The van der Waals surface area contributed by atoms with Crippen LogP contribution in [0.15, 0.2) is 0 Å². The van der Waals surface area contributed by atoms with E-state index in [1.165, 1.54) is 0 Å². The van der Waals surface area contributed by atoms with Crippen molar-refractivity contribution in [1.82, 2.24) is 0 Å². The molecular weight excluding hydrogens is 156 g/mol. The Bertz CT molecular complexity index is 109. The van der Waals surface area contributed by atoms with Gasteiger partial charge >= 0.3 is 0 Å². The van der Waals surface area contributed by atoms with E-state index in [9.17, 15) is 0 Å². The van der Waals surface area contributed by atoms with E-state index >= 15 is 0 Å². The molecule has 0 aromatic carbocycles. The lowest BCUT2D eigenvalue weighted by Crippen LogP contribution is -2.36. The van der Waals surface area contributed by atoms with Crippen LogP contribution in [0.3, 0.4) is 0 Å². The summed E-state index contributed by atoms with van der Waals surface area (Å²) in [5, 5.41) is 0. The lowest BCUT2D eigenvalue weighted by molar-refractivity contribution is 0.0194. The standard InChI is InChI=1S/C8H20O2Si/c1-7(9-3)8(2)10-11(4,5)6/h7-8H,1-6H3/t7-,8-/m1/s1. The second-order valence-corrected chi connectivity index (χ2v) is 8.34. The van der Waals surface area contributed by atoms with Gasteiger partial charge in [-0.25, -0.2) is 0 Å². The smallest absolute Gasteiger partial charge is 0.184 e. The average Bonchev–Trinajstić information content (AvgIpc) is 1.82. The predicted molar refractivity (Wildman–Crippen MR) is 50.4 cm³/mol. The molecular formula is C8H20O2Si. The van der Waals surface area contributed by atoms with Crippen molar-refractivity contribution in [1.29, 1.82) is 0 Å². The average molecular weight is 176 g/mol. The van der Waals surface area contributed by atoms with Crippen LogP contribution >= 0.6 is 0 Å². The van der Waals surface area contributed by atoms with E-state index in [1.54, 1.807) is 7.11 Å². The summed E-state index contributed by atoms with van der Waals surface area (Å²) in [6.07, 6.45) is 0.411. The third kappa shape index (κ3) is 5.41. The lowest BCUT2D eigenvalue weighted by atomic mass is 10.3. The Morgan fingerprint density at radius 1 is 1.00 bits per heavy atom. The van der Waals surface area contributed by atoms with E-state index in [4.69, 9.17) is 9.16 Å². The summed E-state index contributed by atoms with van der Waals surface area (Å²) < 4.78 is 11.0. The molecule has 0 aromatic rings. The van der Waals surface area contributed by atoms with Crippen molar-refractivity contribution in [3.05, 3.63) is 0 Å². The minimum absolute atomic E-state index is 0.196. The van der Waals surface area contributed by atoms with Crippen molar-refractivity contribution in [2.45, 2.75) is 45.7 Å². The Morgan fingerprint density at radius 2 is 1.45 bits per heavy atom. The van der Waals surface area contributed by atoms with Gasteiger partial charge in [0.05, 0.1) is 12.2 Å². The summed E-state index contributed by atoms with van der Waals surface area (Å²) in [5.74, 6) is 0. The van der Waals surface area contributed by atoms with Crippen LogP contribution in [0.4, 0.5) is 0 Å². The first-order valence-corrected chi connectivity index (χ1v) is 7.48. The number of methoxy groups -OCH3 is 1. The van der Waals surface area contributed by atoms with Gasteiger partial charge in [-0.1, -0.05) is 0 Å². The summed E-state index contributed by atoms with van der Waals surface area (Å²) in [6.45, 7) is 10.7. The molecule has 0 heterocycles. The van der Waals surface area contributed by atoms with Crippen molar-refractivity contribution in [3.63, 3.8) is 0 Å². The summed E-state index contributed by atoms with van der Waals surface area (Å²) in [7, 11) is 0.338. The van der Waals surface area contributed by atoms with E-state index < -0.39 is 8.32 Å². The monoisotopic (exact) mass is 176 g/mol. The zero-order chi connectivity index (χ0) is 9.07. The van der Waals surface area contributed by atoms with Crippen LogP contribution in [0, 0.1) is 0 Å². The summed E-state index contributed by atoms with van der Waals surface area (Å²) >= 11 is 0. The molecule has 0 amide bonds. The largest absolute Gasteiger partial charge is 0.412 e. The Balaban J connectivity index is 3.77. The summed E-state index contributed by atoms with van der Waals surface area (Å²) in [4.78, 5) is 0. The van der Waals surface area contributed by atoms with Gasteiger partial charge in [0.15, 0.2) is 8.32 Å². The molecule has 0 spiro atoms. The molecule has 0 aromatic heterocycles. The van der Waals surface area contributed by atoms with E-state index in [0.29, 0.717) is 0 Å². The molecule has 68 valence electrons. The molecule has 0 bridgehead atoms. The maximum Gasteiger partial charge on any atom is 0.184 e. The highest BCUT2D eigenvalue weighted by Crippen LogP contribution is 2.10. The summed E-state index contributed by atoms with van der Waals surface area (Å²) in [5.41, 5.74) is 0. The second-order valence-electron chi connectivity index (χ2n) is 3.88. The van der Waals surface area contributed by atoms with E-state index in [1.807, 2.05) is 6.92 Å². The first-order chi connectivity index (χ1) is 4.87. The van der Waals surface area contributed by atoms with Gasteiger partial charge in [-0.2, -0.15) is 0 Å². The van der Waals surface area contributed by atoms with Gasteiger partial charge in [0, 0.05) is 7.11 Å². The van der Waals surface area contributed by atoms with Crippen LogP contribution in [0.1, 0.15) is 13.8 Å². The molecule has 2 atom stereocenters. The van der Waals surface area contributed by atoms with Crippen molar-refractivity contribution in [3.8, 4) is 0 Å². The van der Waals surface area contributed by atoms with E-state index in [0.717, 1.165) is 0 Å². The minimum atomic E-state index is -1.38. The van der Waals surface area contributed by atoms with Gasteiger partial charge in [-0.15, -0.1) is 0 Å². The Hall–Kier alpha value is 0.137. The topological polar surface area (TPSA) is 18.5 Å². The number of hydrogen-bond acceptors (Lipinski definition) is 2. The first kappa shape index (κ1) is 11.1. The van der Waals surface area contributed by atoms with Crippen LogP contribution in [0.2, 0.25) is 19.6 Å². The van der Waals surface area contributed by atoms with Crippen LogP contribution < -0.4 is 0 Å². The zero-order valence-corrected chi connectivity index (χ0v) is 9.47. The molecule has 3 heteroatoms. The molecule has 0 saturated carbocycles.